The zero-order valence-electron chi connectivity index (χ0n) is 6.88. The molecule has 9 nitrogen and oxygen atoms in total. The van der Waals surface area contributed by atoms with Gasteiger partial charge < -0.3 is 5.73 Å². The molecule has 2 rings (SSSR count). The van der Waals surface area contributed by atoms with Crippen LogP contribution >= 0.6 is 0 Å². The predicted molar refractivity (Wildman–Crippen MR) is 46.1 cm³/mol. The van der Waals surface area contributed by atoms with Crippen molar-refractivity contribution in [2.24, 2.45) is 0 Å². The van der Waals surface area contributed by atoms with Crippen LogP contribution in [0.3, 0.4) is 0 Å². The Labute approximate surface area is 77.0 Å². The molecule has 0 unspecified atom stereocenters. The molecule has 0 aliphatic heterocycles. The average molecular weight is 194 g/mol. The fourth-order valence-corrected chi connectivity index (χ4v) is 0.825. The Morgan fingerprint density at radius 2 is 2.07 bits per heavy atom. The fraction of sp³-hybridized carbons (Fsp3) is 0. The lowest BCUT2D eigenvalue weighted by Gasteiger charge is -2.02. The minimum absolute atomic E-state index is 0.0134. The Bertz CT molecular complexity index is 473. The molecular weight excluding hydrogens is 188 g/mol. The van der Waals surface area contributed by atoms with E-state index in [1.54, 1.807) is 0 Å². The van der Waals surface area contributed by atoms with Gasteiger partial charge in [-0.25, -0.2) is 9.47 Å². The first-order valence-electron chi connectivity index (χ1n) is 3.59. The summed E-state index contributed by atoms with van der Waals surface area (Å²) in [6.07, 6.45) is 2.78. The Morgan fingerprint density at radius 1 is 1.36 bits per heavy atom. The van der Waals surface area contributed by atoms with E-state index in [9.17, 15) is 4.79 Å². The second-order valence-corrected chi connectivity index (χ2v) is 2.34. The number of nitrogen functional groups attached to an aromatic ring is 1. The Hall–Kier alpha value is -2.45. The van der Waals surface area contributed by atoms with E-state index in [1.165, 1.54) is 17.3 Å². The molecule has 0 saturated heterocycles. The zero-order chi connectivity index (χ0) is 9.97. The average Bonchev–Trinajstić information content (AvgIpc) is 2.54. The number of hydrogen-bond donors (Lipinski definition) is 3. The lowest BCUT2D eigenvalue weighted by atomic mass is 10.9. The van der Waals surface area contributed by atoms with Crippen molar-refractivity contribution in [3.63, 3.8) is 0 Å². The number of rotatable bonds is 2. The van der Waals surface area contributed by atoms with Crippen LogP contribution in [0.1, 0.15) is 0 Å². The SMILES string of the molecule is Nc1nc(Nn2cnnc2)nc(=O)[nH]1. The number of hydrogen-bond acceptors (Lipinski definition) is 7. The van der Waals surface area contributed by atoms with Crippen LogP contribution in [0, 0.1) is 0 Å². The lowest BCUT2D eigenvalue weighted by Crippen LogP contribution is -2.19. The third-order valence-electron chi connectivity index (χ3n) is 1.32. The highest BCUT2D eigenvalue weighted by atomic mass is 16.1. The second kappa shape index (κ2) is 3.12. The summed E-state index contributed by atoms with van der Waals surface area (Å²) >= 11 is 0. The first-order valence-corrected chi connectivity index (χ1v) is 3.59. The molecule has 0 aliphatic carbocycles. The quantitative estimate of drug-likeness (QED) is 0.515. The number of nitrogens with two attached hydrogens (primary N) is 1. The lowest BCUT2D eigenvalue weighted by molar-refractivity contribution is 0.889. The van der Waals surface area contributed by atoms with Crippen molar-refractivity contribution >= 4 is 11.9 Å². The van der Waals surface area contributed by atoms with E-state index in [4.69, 9.17) is 5.73 Å². The van der Waals surface area contributed by atoms with Crippen LogP contribution in [0.25, 0.3) is 0 Å². The van der Waals surface area contributed by atoms with Crippen molar-refractivity contribution in [2.75, 3.05) is 11.2 Å². The highest BCUT2D eigenvalue weighted by molar-refractivity contribution is 5.28. The number of nitrogens with one attached hydrogen (secondary N) is 2. The predicted octanol–water partition coefficient (Wildman–Crippen LogP) is -1.79. The van der Waals surface area contributed by atoms with Gasteiger partial charge in [-0.2, -0.15) is 9.97 Å². The molecule has 0 radical (unpaired) electrons. The van der Waals surface area contributed by atoms with Crippen LogP contribution < -0.4 is 16.8 Å². The summed E-state index contributed by atoms with van der Waals surface area (Å²) in [6.45, 7) is 0. The molecule has 0 spiro atoms. The molecule has 0 atom stereocenters. The van der Waals surface area contributed by atoms with Gasteiger partial charge in [-0.15, -0.1) is 10.2 Å². The Kier molecular flexibility index (Phi) is 1.82. The molecule has 2 heterocycles. The van der Waals surface area contributed by atoms with Crippen LogP contribution in [0.5, 0.6) is 0 Å². The number of aromatic nitrogens is 6. The molecule has 0 aliphatic rings. The van der Waals surface area contributed by atoms with Gasteiger partial charge >= 0.3 is 5.69 Å². The van der Waals surface area contributed by atoms with Gasteiger partial charge in [0.25, 0.3) is 0 Å². The molecule has 72 valence electrons. The van der Waals surface area contributed by atoms with Crippen LogP contribution in [-0.4, -0.2) is 29.8 Å². The van der Waals surface area contributed by atoms with Crippen LogP contribution in [-0.2, 0) is 0 Å². The van der Waals surface area contributed by atoms with Gasteiger partial charge in [0.2, 0.25) is 11.9 Å². The van der Waals surface area contributed by atoms with E-state index >= 15 is 0 Å². The molecule has 2 aromatic heterocycles. The minimum Gasteiger partial charge on any atom is -0.369 e. The fourth-order valence-electron chi connectivity index (χ4n) is 0.825. The van der Waals surface area contributed by atoms with E-state index in [-0.39, 0.29) is 11.9 Å². The van der Waals surface area contributed by atoms with Gasteiger partial charge in [-0.1, -0.05) is 0 Å². The highest BCUT2D eigenvalue weighted by Crippen LogP contribution is 1.94. The zero-order valence-corrected chi connectivity index (χ0v) is 6.88. The Balaban J connectivity index is 2.29. The van der Waals surface area contributed by atoms with Gasteiger partial charge in [0.1, 0.15) is 12.7 Å². The van der Waals surface area contributed by atoms with E-state index in [2.05, 4.69) is 30.6 Å². The first-order chi connectivity index (χ1) is 6.74. The van der Waals surface area contributed by atoms with E-state index < -0.39 is 5.69 Å². The van der Waals surface area contributed by atoms with Crippen LogP contribution in [0.15, 0.2) is 17.4 Å². The molecule has 0 fully saturated rings. The topological polar surface area (TPSA) is 127 Å². The van der Waals surface area contributed by atoms with Gasteiger partial charge in [0.05, 0.1) is 0 Å². The van der Waals surface area contributed by atoms with Crippen molar-refractivity contribution in [1.82, 2.24) is 29.8 Å². The van der Waals surface area contributed by atoms with Gasteiger partial charge in [0, 0.05) is 0 Å². The summed E-state index contributed by atoms with van der Waals surface area (Å²) in [6, 6.07) is 0. The van der Waals surface area contributed by atoms with Crippen molar-refractivity contribution in [1.29, 1.82) is 0 Å². The summed E-state index contributed by atoms with van der Waals surface area (Å²) in [5.41, 5.74) is 7.36. The maximum atomic E-state index is 10.9. The standard InChI is InChI=1S/C5H6N8O/c6-3-9-4(11-5(14)10-3)12-13-1-7-8-2-13/h1-2H,(H4,6,9,10,11,12,14). The van der Waals surface area contributed by atoms with Gasteiger partial charge in [-0.3, -0.25) is 10.4 Å². The Morgan fingerprint density at radius 3 is 2.71 bits per heavy atom. The van der Waals surface area contributed by atoms with Crippen LogP contribution in [0.2, 0.25) is 0 Å². The number of aromatic amines is 1. The van der Waals surface area contributed by atoms with Gasteiger partial charge in [-0.05, 0) is 0 Å². The van der Waals surface area contributed by atoms with E-state index in [0.717, 1.165) is 0 Å². The van der Waals surface area contributed by atoms with Crippen LogP contribution in [0.4, 0.5) is 11.9 Å². The molecule has 9 heteroatoms. The maximum absolute atomic E-state index is 10.9. The summed E-state index contributed by atoms with van der Waals surface area (Å²) in [5, 5.41) is 7.08. The van der Waals surface area contributed by atoms with E-state index in [0.29, 0.717) is 0 Å². The summed E-state index contributed by atoms with van der Waals surface area (Å²) in [4.78, 5) is 20.3. The maximum Gasteiger partial charge on any atom is 0.351 e. The number of anilines is 2. The number of nitrogens with zero attached hydrogens (tertiary/aromatic N) is 5. The monoisotopic (exact) mass is 194 g/mol. The van der Waals surface area contributed by atoms with E-state index in [1.807, 2.05) is 0 Å². The summed E-state index contributed by atoms with van der Waals surface area (Å²) < 4.78 is 1.38. The summed E-state index contributed by atoms with van der Waals surface area (Å²) in [5.74, 6) is 0.0617. The smallest absolute Gasteiger partial charge is 0.351 e. The normalized spacial score (nSPS) is 10.0. The third kappa shape index (κ3) is 1.65. The molecule has 0 saturated carbocycles. The molecular formula is C5H6N8O. The molecule has 2 aromatic rings. The molecule has 4 N–H and O–H groups in total. The summed E-state index contributed by atoms with van der Waals surface area (Å²) in [7, 11) is 0. The van der Waals surface area contributed by atoms with Crippen molar-refractivity contribution in [3.05, 3.63) is 23.1 Å². The first kappa shape index (κ1) is 8.16. The second-order valence-electron chi connectivity index (χ2n) is 2.34. The third-order valence-corrected chi connectivity index (χ3v) is 1.32. The minimum atomic E-state index is -0.576. The highest BCUT2D eigenvalue weighted by Gasteiger charge is 1.99. The molecule has 14 heavy (non-hydrogen) atoms. The van der Waals surface area contributed by atoms with Crippen molar-refractivity contribution in [3.8, 4) is 0 Å². The largest absolute Gasteiger partial charge is 0.369 e. The molecule has 0 aromatic carbocycles. The van der Waals surface area contributed by atoms with Crippen molar-refractivity contribution in [2.45, 2.75) is 0 Å². The molecule has 0 amide bonds. The number of H-pyrrole nitrogens is 1. The molecule has 0 bridgehead atoms. The van der Waals surface area contributed by atoms with Gasteiger partial charge in [0.15, 0.2) is 0 Å². The van der Waals surface area contributed by atoms with Crippen molar-refractivity contribution < 1.29 is 0 Å².